The highest BCUT2D eigenvalue weighted by Crippen LogP contribution is 2.37. The van der Waals surface area contributed by atoms with Crippen LogP contribution in [0.25, 0.3) is 10.2 Å². The van der Waals surface area contributed by atoms with Crippen molar-refractivity contribution in [2.45, 2.75) is 33.5 Å². The highest BCUT2D eigenvalue weighted by Gasteiger charge is 2.37. The Morgan fingerprint density at radius 1 is 1.30 bits per heavy atom. The quantitative estimate of drug-likeness (QED) is 0.714. The van der Waals surface area contributed by atoms with E-state index in [0.717, 1.165) is 27.4 Å². The fraction of sp³-hybridized carbons (Fsp3) is 0.471. The number of aryl methyl sites for hydroxylation is 3. The fourth-order valence-electron chi connectivity index (χ4n) is 2.94. The van der Waals surface area contributed by atoms with Crippen LogP contribution < -0.4 is 5.32 Å². The van der Waals surface area contributed by atoms with E-state index in [1.165, 1.54) is 13.1 Å². The molecular weight excluding hydrogens is 379 g/mol. The minimum Gasteiger partial charge on any atom is -0.351 e. The molecule has 1 amide bonds. The van der Waals surface area contributed by atoms with Gasteiger partial charge in [-0.25, -0.2) is 0 Å². The number of thiophene rings is 1. The second kappa shape index (κ2) is 6.99. The van der Waals surface area contributed by atoms with Gasteiger partial charge in [-0.15, -0.1) is 11.3 Å². The molecule has 0 bridgehead atoms. The Kier molecular flexibility index (Phi) is 5.02. The summed E-state index contributed by atoms with van der Waals surface area (Å²) in [6.07, 6.45) is -4.55. The number of halogens is 3. The summed E-state index contributed by atoms with van der Waals surface area (Å²) in [4.78, 5) is 12.9. The molecule has 0 saturated carbocycles. The normalized spacial score (nSPS) is 13.3. The van der Waals surface area contributed by atoms with Crippen LogP contribution in [-0.2, 0) is 19.8 Å². The van der Waals surface area contributed by atoms with E-state index in [0.29, 0.717) is 17.9 Å². The van der Waals surface area contributed by atoms with E-state index in [4.69, 9.17) is 0 Å². The fourth-order valence-corrected chi connectivity index (χ4v) is 3.92. The first-order chi connectivity index (χ1) is 12.6. The number of alkyl halides is 3. The number of carbonyl (C=O) groups excluding carboxylic acids is 1. The molecule has 0 aliphatic heterocycles. The van der Waals surface area contributed by atoms with E-state index in [1.54, 1.807) is 0 Å². The Hall–Kier alpha value is -2.36. The zero-order valence-electron chi connectivity index (χ0n) is 15.4. The van der Waals surface area contributed by atoms with Gasteiger partial charge in [-0.3, -0.25) is 14.2 Å². The molecule has 3 aromatic rings. The molecule has 1 atom stereocenters. The van der Waals surface area contributed by atoms with Gasteiger partial charge in [0.15, 0.2) is 5.69 Å². The Balaban J connectivity index is 1.68. The van der Waals surface area contributed by atoms with Crippen LogP contribution in [0.3, 0.4) is 0 Å². The van der Waals surface area contributed by atoms with Crippen molar-refractivity contribution < 1.29 is 18.0 Å². The average Bonchev–Trinajstić information content (AvgIpc) is 3.20. The second-order valence-electron chi connectivity index (χ2n) is 6.72. The lowest BCUT2D eigenvalue weighted by molar-refractivity contribution is -0.140. The highest BCUT2D eigenvalue weighted by atomic mass is 32.1. The first kappa shape index (κ1) is 19.4. The number of aromatic nitrogens is 4. The molecule has 3 rings (SSSR count). The maximum atomic E-state index is 13.1. The van der Waals surface area contributed by atoms with Crippen LogP contribution in [-0.4, -0.2) is 32.0 Å². The maximum absolute atomic E-state index is 13.1. The zero-order valence-corrected chi connectivity index (χ0v) is 16.2. The molecule has 0 unspecified atom stereocenters. The molecule has 3 aromatic heterocycles. The minimum absolute atomic E-state index is 0.0455. The third-order valence-corrected chi connectivity index (χ3v) is 5.40. The summed E-state index contributed by atoms with van der Waals surface area (Å²) < 4.78 is 42.2. The number of amides is 1. The molecule has 0 aromatic carbocycles. The van der Waals surface area contributed by atoms with Crippen molar-refractivity contribution in [3.8, 4) is 0 Å². The van der Waals surface area contributed by atoms with Crippen molar-refractivity contribution in [3.63, 3.8) is 0 Å². The molecule has 27 heavy (non-hydrogen) atoms. The lowest BCUT2D eigenvalue weighted by atomic mass is 10.2. The van der Waals surface area contributed by atoms with Gasteiger partial charge in [0.1, 0.15) is 4.83 Å². The third-order valence-electron chi connectivity index (χ3n) is 4.20. The monoisotopic (exact) mass is 399 g/mol. The number of hydrogen-bond donors (Lipinski definition) is 1. The number of rotatable bonds is 5. The van der Waals surface area contributed by atoms with E-state index < -0.39 is 11.9 Å². The summed E-state index contributed by atoms with van der Waals surface area (Å²) in [5.41, 5.74) is 1.01. The van der Waals surface area contributed by atoms with Gasteiger partial charge in [0.25, 0.3) is 5.91 Å². The van der Waals surface area contributed by atoms with Gasteiger partial charge in [0, 0.05) is 31.2 Å². The number of carbonyl (C=O) groups is 1. The van der Waals surface area contributed by atoms with E-state index >= 15 is 0 Å². The van der Waals surface area contributed by atoms with E-state index in [2.05, 4.69) is 15.5 Å². The Morgan fingerprint density at radius 2 is 2.00 bits per heavy atom. The van der Waals surface area contributed by atoms with Crippen molar-refractivity contribution in [3.05, 3.63) is 34.1 Å². The first-order valence-corrected chi connectivity index (χ1v) is 9.21. The Morgan fingerprint density at radius 3 is 2.59 bits per heavy atom. The summed E-state index contributed by atoms with van der Waals surface area (Å²) in [6, 6.07) is 3.24. The predicted molar refractivity (Wildman–Crippen MR) is 96.8 cm³/mol. The predicted octanol–water partition coefficient (Wildman–Crippen LogP) is 3.53. The van der Waals surface area contributed by atoms with Gasteiger partial charge in [-0.1, -0.05) is 6.92 Å². The number of nitrogens with zero attached hydrogens (tertiary/aromatic N) is 4. The average molecular weight is 399 g/mol. The lowest BCUT2D eigenvalue weighted by Crippen LogP contribution is -2.29. The van der Waals surface area contributed by atoms with Gasteiger partial charge in [0.2, 0.25) is 0 Å². The SMILES string of the molecule is Cc1cc(C)n(C[C@@H](C)CNC(=O)c2cc3c(C(F)(F)F)nn(C)c3s2)n1. The van der Waals surface area contributed by atoms with Crippen molar-refractivity contribution in [1.29, 1.82) is 0 Å². The van der Waals surface area contributed by atoms with Crippen LogP contribution in [0.4, 0.5) is 13.2 Å². The molecule has 0 aliphatic carbocycles. The van der Waals surface area contributed by atoms with Crippen LogP contribution >= 0.6 is 11.3 Å². The topological polar surface area (TPSA) is 64.7 Å². The maximum Gasteiger partial charge on any atom is 0.435 e. The number of nitrogens with one attached hydrogen (secondary N) is 1. The Bertz CT molecular complexity index is 985. The molecule has 146 valence electrons. The van der Waals surface area contributed by atoms with Crippen LogP contribution in [0, 0.1) is 19.8 Å². The van der Waals surface area contributed by atoms with Gasteiger partial charge >= 0.3 is 6.18 Å². The molecule has 3 heterocycles. The number of fused-ring (bicyclic) bond motifs is 1. The van der Waals surface area contributed by atoms with E-state index in [9.17, 15) is 18.0 Å². The number of hydrogen-bond acceptors (Lipinski definition) is 4. The summed E-state index contributed by atoms with van der Waals surface area (Å²) in [5.74, 6) is -0.265. The smallest absolute Gasteiger partial charge is 0.351 e. The molecule has 6 nitrogen and oxygen atoms in total. The summed E-state index contributed by atoms with van der Waals surface area (Å²) >= 11 is 1.00. The van der Waals surface area contributed by atoms with Crippen molar-refractivity contribution >= 4 is 27.5 Å². The van der Waals surface area contributed by atoms with Crippen molar-refractivity contribution in [1.82, 2.24) is 24.9 Å². The first-order valence-electron chi connectivity index (χ1n) is 8.39. The largest absolute Gasteiger partial charge is 0.435 e. The molecule has 10 heteroatoms. The van der Waals surface area contributed by atoms with E-state index in [1.807, 2.05) is 31.5 Å². The molecule has 0 radical (unpaired) electrons. The van der Waals surface area contributed by atoms with Crippen LogP contribution in [0.15, 0.2) is 12.1 Å². The molecular formula is C17H20F3N5OS. The zero-order chi connectivity index (χ0) is 19.9. The molecule has 0 spiro atoms. The van der Waals surface area contributed by atoms with Crippen LogP contribution in [0.1, 0.15) is 33.7 Å². The second-order valence-corrected chi connectivity index (χ2v) is 7.75. The van der Waals surface area contributed by atoms with Gasteiger partial charge < -0.3 is 5.32 Å². The lowest BCUT2D eigenvalue weighted by Gasteiger charge is -2.13. The van der Waals surface area contributed by atoms with Crippen LogP contribution in [0.2, 0.25) is 0 Å². The molecule has 0 saturated heterocycles. The third kappa shape index (κ3) is 4.00. The molecule has 0 aliphatic rings. The molecule has 0 fully saturated rings. The van der Waals surface area contributed by atoms with Gasteiger partial charge in [-0.05, 0) is 31.9 Å². The van der Waals surface area contributed by atoms with Crippen molar-refractivity contribution in [2.24, 2.45) is 13.0 Å². The van der Waals surface area contributed by atoms with Gasteiger partial charge in [-0.2, -0.15) is 23.4 Å². The van der Waals surface area contributed by atoms with Gasteiger partial charge in [0.05, 0.1) is 10.6 Å². The molecule has 1 N–H and O–H groups in total. The summed E-state index contributed by atoms with van der Waals surface area (Å²) in [6.45, 7) is 6.91. The highest BCUT2D eigenvalue weighted by molar-refractivity contribution is 7.20. The minimum atomic E-state index is -4.55. The van der Waals surface area contributed by atoms with Crippen LogP contribution in [0.5, 0.6) is 0 Å². The summed E-state index contributed by atoms with van der Waals surface area (Å²) in [5, 5.41) is 10.7. The van der Waals surface area contributed by atoms with E-state index in [-0.39, 0.29) is 22.1 Å². The summed E-state index contributed by atoms with van der Waals surface area (Å²) in [7, 11) is 1.44. The van der Waals surface area contributed by atoms with Crippen molar-refractivity contribution in [2.75, 3.05) is 6.54 Å². The Labute approximate surface area is 158 Å². The standard InChI is InChI=1S/C17H20F3N5OS/c1-9(8-25-11(3)5-10(2)22-25)7-21-15(26)13-6-12-14(17(18,19)20)23-24(4)16(12)27-13/h5-6,9H,7-8H2,1-4H3,(H,21,26)/t9-/m0/s1.